The van der Waals surface area contributed by atoms with Crippen LogP contribution < -0.4 is 4.72 Å². The molecule has 0 aliphatic rings. The largest absolute Gasteiger partial charge is 0.392 e. The normalized spacial score (nSPS) is 11.9. The summed E-state index contributed by atoms with van der Waals surface area (Å²) in [6.45, 7) is 1.76. The number of aryl methyl sites for hydroxylation is 1. The first-order chi connectivity index (χ1) is 9.03. The first kappa shape index (κ1) is 14.1. The molecule has 2 heterocycles. The van der Waals surface area contributed by atoms with Gasteiger partial charge in [0.2, 0.25) is 0 Å². The summed E-state index contributed by atoms with van der Waals surface area (Å²) in [5.41, 5.74) is 1.18. The Morgan fingerprint density at radius 2 is 2.32 bits per heavy atom. The van der Waals surface area contributed by atoms with Crippen LogP contribution in [0.3, 0.4) is 0 Å². The fourth-order valence-electron chi connectivity index (χ4n) is 1.53. The van der Waals surface area contributed by atoms with E-state index in [1.54, 1.807) is 0 Å². The Balaban J connectivity index is 1.98. The second-order valence-electron chi connectivity index (χ2n) is 3.91. The monoisotopic (exact) mass is 302 g/mol. The van der Waals surface area contributed by atoms with E-state index in [4.69, 9.17) is 5.11 Å². The molecule has 9 heteroatoms. The number of thiazole rings is 1. The van der Waals surface area contributed by atoms with Crippen molar-refractivity contribution in [3.8, 4) is 0 Å². The molecule has 0 radical (unpaired) electrons. The van der Waals surface area contributed by atoms with Crippen molar-refractivity contribution in [2.24, 2.45) is 0 Å². The molecule has 0 bridgehead atoms. The Labute approximate surface area is 114 Å². The second kappa shape index (κ2) is 5.78. The third-order valence-electron chi connectivity index (χ3n) is 2.41. The lowest BCUT2D eigenvalue weighted by molar-refractivity contribution is 0.278. The van der Waals surface area contributed by atoms with Gasteiger partial charge in [-0.05, 0) is 6.92 Å². The van der Waals surface area contributed by atoms with E-state index in [1.165, 1.54) is 17.5 Å². The van der Waals surface area contributed by atoms with Crippen molar-refractivity contribution in [3.63, 3.8) is 0 Å². The number of aromatic nitrogens is 3. The number of aliphatic hydroxyl groups excluding tert-OH is 1. The molecule has 0 atom stereocenters. The minimum atomic E-state index is -3.67. The summed E-state index contributed by atoms with van der Waals surface area (Å²) >= 11 is 1.50. The Morgan fingerprint density at radius 3 is 2.95 bits per heavy atom. The number of rotatable bonds is 6. The Morgan fingerprint density at radius 1 is 1.53 bits per heavy atom. The number of sulfonamides is 1. The van der Waals surface area contributed by atoms with Gasteiger partial charge in [0.05, 0.1) is 17.8 Å². The molecule has 7 nitrogen and oxygen atoms in total. The zero-order valence-corrected chi connectivity index (χ0v) is 11.9. The summed E-state index contributed by atoms with van der Waals surface area (Å²) in [5, 5.41) is 17.7. The van der Waals surface area contributed by atoms with Gasteiger partial charge in [0.25, 0.3) is 10.0 Å². The molecule has 0 aliphatic carbocycles. The van der Waals surface area contributed by atoms with Gasteiger partial charge in [-0.1, -0.05) is 0 Å². The van der Waals surface area contributed by atoms with Crippen LogP contribution in [0.15, 0.2) is 16.6 Å². The van der Waals surface area contributed by atoms with Crippen molar-refractivity contribution in [2.45, 2.75) is 25.0 Å². The van der Waals surface area contributed by atoms with Crippen LogP contribution in [0.5, 0.6) is 0 Å². The molecule has 104 valence electrons. The minimum Gasteiger partial charge on any atom is -0.392 e. The van der Waals surface area contributed by atoms with Gasteiger partial charge in [0.15, 0.2) is 5.03 Å². The smallest absolute Gasteiger partial charge is 0.257 e. The van der Waals surface area contributed by atoms with Crippen molar-refractivity contribution >= 4 is 21.4 Å². The van der Waals surface area contributed by atoms with E-state index in [9.17, 15) is 8.42 Å². The van der Waals surface area contributed by atoms with E-state index in [1.807, 2.05) is 12.3 Å². The molecule has 0 aromatic carbocycles. The van der Waals surface area contributed by atoms with Crippen LogP contribution in [0, 0.1) is 6.92 Å². The molecule has 2 aromatic heterocycles. The molecule has 0 fully saturated rings. The molecule has 0 saturated heterocycles. The van der Waals surface area contributed by atoms with Gasteiger partial charge in [0, 0.05) is 29.6 Å². The lowest BCUT2D eigenvalue weighted by atomic mass is 10.4. The predicted molar refractivity (Wildman–Crippen MR) is 70.3 cm³/mol. The molecular weight excluding hydrogens is 288 g/mol. The molecule has 0 unspecified atom stereocenters. The van der Waals surface area contributed by atoms with Gasteiger partial charge in [-0.25, -0.2) is 18.1 Å². The summed E-state index contributed by atoms with van der Waals surface area (Å²) in [7, 11) is -3.67. The van der Waals surface area contributed by atoms with Crippen molar-refractivity contribution in [2.75, 3.05) is 6.54 Å². The van der Waals surface area contributed by atoms with Crippen LogP contribution in [0.4, 0.5) is 0 Å². The molecule has 0 spiro atoms. The average molecular weight is 302 g/mol. The highest BCUT2D eigenvalue weighted by atomic mass is 32.2. The highest BCUT2D eigenvalue weighted by Gasteiger charge is 2.19. The first-order valence-corrected chi connectivity index (χ1v) is 7.93. The Kier molecular flexibility index (Phi) is 4.30. The fourth-order valence-corrected chi connectivity index (χ4v) is 3.45. The van der Waals surface area contributed by atoms with E-state index < -0.39 is 10.0 Å². The Hall–Kier alpha value is -1.29. The average Bonchev–Trinajstić information content (AvgIpc) is 2.97. The van der Waals surface area contributed by atoms with Crippen molar-refractivity contribution < 1.29 is 13.5 Å². The van der Waals surface area contributed by atoms with E-state index in [2.05, 4.69) is 19.9 Å². The maximum atomic E-state index is 12.0. The van der Waals surface area contributed by atoms with Crippen LogP contribution in [0.2, 0.25) is 0 Å². The van der Waals surface area contributed by atoms with Crippen LogP contribution in [0.1, 0.15) is 16.3 Å². The minimum absolute atomic E-state index is 0.0923. The molecule has 0 saturated carbocycles. The molecule has 19 heavy (non-hydrogen) atoms. The summed E-state index contributed by atoms with van der Waals surface area (Å²) < 4.78 is 26.4. The molecule has 2 rings (SSSR count). The maximum absolute atomic E-state index is 12.0. The third kappa shape index (κ3) is 3.38. The van der Waals surface area contributed by atoms with E-state index in [-0.39, 0.29) is 23.7 Å². The molecule has 0 amide bonds. The Bertz CT molecular complexity index is 647. The number of nitrogens with one attached hydrogen (secondary N) is 2. The lowest BCUT2D eigenvalue weighted by Gasteiger charge is -2.05. The lowest BCUT2D eigenvalue weighted by Crippen LogP contribution is -2.27. The highest BCUT2D eigenvalue weighted by Crippen LogP contribution is 2.12. The highest BCUT2D eigenvalue weighted by molar-refractivity contribution is 7.89. The predicted octanol–water partition coefficient (Wildman–Crippen LogP) is 0.188. The standard InChI is InChI=1S/C10H14N4O3S2/c1-7-6-18-9(13-7)2-3-12-19(16,17)10-8(5-15)4-11-14-10/h4,6,12,15H,2-3,5H2,1H3,(H,11,14). The van der Waals surface area contributed by atoms with Crippen LogP contribution >= 0.6 is 11.3 Å². The van der Waals surface area contributed by atoms with E-state index >= 15 is 0 Å². The topological polar surface area (TPSA) is 108 Å². The number of nitrogens with zero attached hydrogens (tertiary/aromatic N) is 2. The summed E-state index contributed by atoms with van der Waals surface area (Å²) in [6.07, 6.45) is 1.82. The quantitative estimate of drug-likeness (QED) is 0.706. The van der Waals surface area contributed by atoms with Crippen LogP contribution in [-0.2, 0) is 23.1 Å². The number of aliphatic hydroxyl groups is 1. The number of aromatic amines is 1. The van der Waals surface area contributed by atoms with Gasteiger partial charge in [-0.3, -0.25) is 5.10 Å². The van der Waals surface area contributed by atoms with Gasteiger partial charge in [-0.15, -0.1) is 11.3 Å². The zero-order valence-electron chi connectivity index (χ0n) is 10.3. The van der Waals surface area contributed by atoms with E-state index in [0.29, 0.717) is 6.42 Å². The van der Waals surface area contributed by atoms with Crippen molar-refractivity contribution in [1.29, 1.82) is 0 Å². The first-order valence-electron chi connectivity index (χ1n) is 5.56. The van der Waals surface area contributed by atoms with Gasteiger partial charge >= 0.3 is 0 Å². The molecule has 2 aromatic rings. The van der Waals surface area contributed by atoms with Gasteiger partial charge in [-0.2, -0.15) is 5.10 Å². The van der Waals surface area contributed by atoms with Crippen LogP contribution in [0.25, 0.3) is 0 Å². The maximum Gasteiger partial charge on any atom is 0.257 e. The van der Waals surface area contributed by atoms with Crippen molar-refractivity contribution in [3.05, 3.63) is 27.8 Å². The molecular formula is C10H14N4O3S2. The second-order valence-corrected chi connectivity index (χ2v) is 6.56. The SMILES string of the molecule is Cc1csc(CCNS(=O)(=O)c2[nH]ncc2CO)n1. The number of hydrogen-bond acceptors (Lipinski definition) is 6. The van der Waals surface area contributed by atoms with Gasteiger partial charge < -0.3 is 5.11 Å². The van der Waals surface area contributed by atoms with E-state index in [0.717, 1.165) is 10.7 Å². The van der Waals surface area contributed by atoms with Crippen molar-refractivity contribution in [1.82, 2.24) is 19.9 Å². The molecule has 0 aliphatic heterocycles. The summed E-state index contributed by atoms with van der Waals surface area (Å²) in [6, 6.07) is 0. The van der Waals surface area contributed by atoms with Crippen LogP contribution in [-0.4, -0.2) is 35.3 Å². The molecule has 3 N–H and O–H groups in total. The van der Waals surface area contributed by atoms with Gasteiger partial charge in [0.1, 0.15) is 0 Å². The fraction of sp³-hybridized carbons (Fsp3) is 0.400. The zero-order chi connectivity index (χ0) is 13.9. The number of H-pyrrole nitrogens is 1. The summed E-state index contributed by atoms with van der Waals surface area (Å²) in [5.74, 6) is 0. The third-order valence-corrected chi connectivity index (χ3v) is 4.92. The number of hydrogen-bond donors (Lipinski definition) is 3. The summed E-state index contributed by atoms with van der Waals surface area (Å²) in [4.78, 5) is 4.25.